The second-order valence-corrected chi connectivity index (χ2v) is 6.46. The maximum atomic E-state index is 12.9. The quantitative estimate of drug-likeness (QED) is 0.569. The zero-order valence-electron chi connectivity index (χ0n) is 12.3. The number of halogens is 1. The molecule has 2 aromatic rings. The summed E-state index contributed by atoms with van der Waals surface area (Å²) in [6.07, 6.45) is 0.291. The zero-order valence-corrected chi connectivity index (χ0v) is 14.4. The predicted octanol–water partition coefficient (Wildman–Crippen LogP) is 4.43. The van der Waals surface area contributed by atoms with E-state index < -0.39 is 11.9 Å². The number of rotatable bonds is 6. The van der Waals surface area contributed by atoms with E-state index in [4.69, 9.17) is 5.11 Å². The standard InChI is InChI=1S/C18H17IO3/c1-12-5-2-3-8-15(12)16(9-10-17(20)21)18(22)13-6-4-7-14(19)11-13/h2-8,11,16H,9-10H2,1H3,(H,20,21)/t16-/m0/s1. The van der Waals surface area contributed by atoms with Gasteiger partial charge in [-0.15, -0.1) is 0 Å². The van der Waals surface area contributed by atoms with Crippen molar-refractivity contribution < 1.29 is 14.7 Å². The van der Waals surface area contributed by atoms with Crippen LogP contribution in [-0.4, -0.2) is 16.9 Å². The van der Waals surface area contributed by atoms with Gasteiger partial charge in [0, 0.05) is 21.5 Å². The minimum absolute atomic E-state index is 0.0192. The summed E-state index contributed by atoms with van der Waals surface area (Å²) in [5.74, 6) is -1.32. The molecule has 0 spiro atoms. The largest absolute Gasteiger partial charge is 0.481 e. The number of Topliss-reactive ketones (excluding diaryl/α,β-unsaturated/α-hetero) is 1. The van der Waals surface area contributed by atoms with Gasteiger partial charge in [0.15, 0.2) is 5.78 Å². The third kappa shape index (κ3) is 4.16. The second kappa shape index (κ2) is 7.54. The molecule has 1 N–H and O–H groups in total. The number of benzene rings is 2. The van der Waals surface area contributed by atoms with Crippen LogP contribution in [-0.2, 0) is 4.79 Å². The van der Waals surface area contributed by atoms with Crippen molar-refractivity contribution in [3.8, 4) is 0 Å². The summed E-state index contributed by atoms with van der Waals surface area (Å²) in [6, 6.07) is 15.1. The summed E-state index contributed by atoms with van der Waals surface area (Å²) >= 11 is 2.17. The lowest BCUT2D eigenvalue weighted by Gasteiger charge is -2.18. The molecule has 0 amide bonds. The third-order valence-corrected chi connectivity index (χ3v) is 4.31. The van der Waals surface area contributed by atoms with Crippen LogP contribution < -0.4 is 0 Å². The molecule has 0 bridgehead atoms. The Kier molecular flexibility index (Phi) is 5.71. The number of hydrogen-bond acceptors (Lipinski definition) is 2. The monoisotopic (exact) mass is 408 g/mol. The molecule has 114 valence electrons. The first-order valence-corrected chi connectivity index (χ1v) is 8.14. The Labute approximate surface area is 143 Å². The molecule has 0 unspecified atom stereocenters. The van der Waals surface area contributed by atoms with Gasteiger partial charge in [-0.1, -0.05) is 36.4 Å². The number of carbonyl (C=O) groups excluding carboxylic acids is 1. The lowest BCUT2D eigenvalue weighted by molar-refractivity contribution is -0.137. The predicted molar refractivity (Wildman–Crippen MR) is 94.3 cm³/mol. The Balaban J connectivity index is 2.38. The van der Waals surface area contributed by atoms with Gasteiger partial charge in [0.1, 0.15) is 0 Å². The number of ketones is 1. The molecule has 2 aromatic carbocycles. The van der Waals surface area contributed by atoms with Gasteiger partial charge in [-0.25, -0.2) is 0 Å². The number of carbonyl (C=O) groups is 2. The fourth-order valence-corrected chi connectivity index (χ4v) is 3.06. The Morgan fingerprint density at radius 3 is 2.50 bits per heavy atom. The highest BCUT2D eigenvalue weighted by Crippen LogP contribution is 2.28. The molecule has 0 radical (unpaired) electrons. The summed E-state index contributed by atoms with van der Waals surface area (Å²) in [5, 5.41) is 8.96. The van der Waals surface area contributed by atoms with Crippen LogP contribution >= 0.6 is 22.6 Å². The molecule has 0 saturated carbocycles. The zero-order chi connectivity index (χ0) is 16.1. The first kappa shape index (κ1) is 16.7. The van der Waals surface area contributed by atoms with Crippen molar-refractivity contribution >= 4 is 34.3 Å². The third-order valence-electron chi connectivity index (χ3n) is 3.64. The number of aryl methyl sites for hydroxylation is 1. The van der Waals surface area contributed by atoms with Gasteiger partial charge in [-0.3, -0.25) is 9.59 Å². The van der Waals surface area contributed by atoms with E-state index in [1.807, 2.05) is 49.4 Å². The van der Waals surface area contributed by atoms with Gasteiger partial charge in [0.25, 0.3) is 0 Å². The van der Waals surface area contributed by atoms with Gasteiger partial charge in [-0.2, -0.15) is 0 Å². The van der Waals surface area contributed by atoms with E-state index in [1.165, 1.54) is 0 Å². The molecule has 0 aliphatic heterocycles. The molecule has 0 aromatic heterocycles. The molecule has 0 heterocycles. The number of carboxylic acid groups (broad SMARTS) is 1. The first-order chi connectivity index (χ1) is 10.5. The van der Waals surface area contributed by atoms with E-state index >= 15 is 0 Å². The van der Waals surface area contributed by atoms with Crippen molar-refractivity contribution in [2.45, 2.75) is 25.7 Å². The van der Waals surface area contributed by atoms with Gasteiger partial charge >= 0.3 is 5.97 Å². The SMILES string of the molecule is Cc1ccccc1[C@H](CCC(=O)O)C(=O)c1cccc(I)c1. The van der Waals surface area contributed by atoms with Crippen molar-refractivity contribution in [1.29, 1.82) is 0 Å². The summed E-state index contributed by atoms with van der Waals surface area (Å²) in [4.78, 5) is 23.8. The van der Waals surface area contributed by atoms with E-state index in [0.29, 0.717) is 12.0 Å². The maximum Gasteiger partial charge on any atom is 0.303 e. The fourth-order valence-electron chi connectivity index (χ4n) is 2.52. The van der Waals surface area contributed by atoms with Crippen LogP contribution in [0.1, 0.15) is 40.2 Å². The summed E-state index contributed by atoms with van der Waals surface area (Å²) in [7, 11) is 0. The van der Waals surface area contributed by atoms with E-state index in [2.05, 4.69) is 22.6 Å². The highest BCUT2D eigenvalue weighted by molar-refractivity contribution is 14.1. The van der Waals surface area contributed by atoms with Crippen LogP contribution in [0.3, 0.4) is 0 Å². The molecule has 0 saturated heterocycles. The van der Waals surface area contributed by atoms with Crippen molar-refractivity contribution in [2.24, 2.45) is 0 Å². The molecule has 4 heteroatoms. The molecule has 22 heavy (non-hydrogen) atoms. The second-order valence-electron chi connectivity index (χ2n) is 5.22. The highest BCUT2D eigenvalue weighted by atomic mass is 127. The molecular formula is C18H17IO3. The number of aliphatic carboxylic acids is 1. The van der Waals surface area contributed by atoms with Gasteiger partial charge in [-0.05, 0) is 59.2 Å². The smallest absolute Gasteiger partial charge is 0.303 e. The maximum absolute atomic E-state index is 12.9. The lowest BCUT2D eigenvalue weighted by atomic mass is 9.85. The average Bonchev–Trinajstić information content (AvgIpc) is 2.48. The van der Waals surface area contributed by atoms with Crippen molar-refractivity contribution in [1.82, 2.24) is 0 Å². The summed E-state index contributed by atoms with van der Waals surface area (Å²) in [5.41, 5.74) is 2.55. The Morgan fingerprint density at radius 2 is 1.86 bits per heavy atom. The Bertz CT molecular complexity index is 694. The van der Waals surface area contributed by atoms with Crippen molar-refractivity contribution in [2.75, 3.05) is 0 Å². The lowest BCUT2D eigenvalue weighted by Crippen LogP contribution is -2.16. The van der Waals surface area contributed by atoms with E-state index in [1.54, 1.807) is 6.07 Å². The molecule has 0 fully saturated rings. The van der Waals surface area contributed by atoms with E-state index in [-0.39, 0.29) is 12.2 Å². The van der Waals surface area contributed by atoms with Gasteiger partial charge in [0.05, 0.1) is 0 Å². The molecule has 1 atom stereocenters. The molecule has 2 rings (SSSR count). The molecule has 3 nitrogen and oxygen atoms in total. The number of carboxylic acids is 1. The normalized spacial score (nSPS) is 11.9. The Hall–Kier alpha value is -1.69. The van der Waals surface area contributed by atoms with Crippen LogP contribution in [0.2, 0.25) is 0 Å². The average molecular weight is 408 g/mol. The first-order valence-electron chi connectivity index (χ1n) is 7.06. The van der Waals surface area contributed by atoms with Crippen LogP contribution in [0.5, 0.6) is 0 Å². The van der Waals surface area contributed by atoms with Gasteiger partial charge < -0.3 is 5.11 Å². The Morgan fingerprint density at radius 1 is 1.14 bits per heavy atom. The highest BCUT2D eigenvalue weighted by Gasteiger charge is 2.24. The molecule has 0 aliphatic carbocycles. The molecule has 0 aliphatic rings. The number of hydrogen-bond donors (Lipinski definition) is 1. The van der Waals surface area contributed by atoms with Gasteiger partial charge in [0.2, 0.25) is 0 Å². The van der Waals surface area contributed by atoms with Crippen LogP contribution in [0, 0.1) is 10.5 Å². The van der Waals surface area contributed by atoms with Crippen LogP contribution in [0.25, 0.3) is 0 Å². The van der Waals surface area contributed by atoms with Crippen LogP contribution in [0.4, 0.5) is 0 Å². The topological polar surface area (TPSA) is 54.4 Å². The fraction of sp³-hybridized carbons (Fsp3) is 0.222. The molecular weight excluding hydrogens is 391 g/mol. The van der Waals surface area contributed by atoms with E-state index in [9.17, 15) is 9.59 Å². The summed E-state index contributed by atoms with van der Waals surface area (Å²) < 4.78 is 0.991. The summed E-state index contributed by atoms with van der Waals surface area (Å²) in [6.45, 7) is 1.95. The minimum atomic E-state index is -0.881. The van der Waals surface area contributed by atoms with Crippen LogP contribution in [0.15, 0.2) is 48.5 Å². The minimum Gasteiger partial charge on any atom is -0.481 e. The van der Waals surface area contributed by atoms with E-state index in [0.717, 1.165) is 14.7 Å². The van der Waals surface area contributed by atoms with Crippen molar-refractivity contribution in [3.63, 3.8) is 0 Å². The van der Waals surface area contributed by atoms with Crippen molar-refractivity contribution in [3.05, 3.63) is 68.8 Å².